The summed E-state index contributed by atoms with van der Waals surface area (Å²) in [6.07, 6.45) is 2.27. The van der Waals surface area contributed by atoms with Crippen LogP contribution >= 0.6 is 12.4 Å². The summed E-state index contributed by atoms with van der Waals surface area (Å²) in [6.45, 7) is 7.93. The van der Waals surface area contributed by atoms with E-state index in [0.717, 1.165) is 25.9 Å². The monoisotopic (exact) mass is 291 g/mol. The molecule has 0 spiro atoms. The van der Waals surface area contributed by atoms with Crippen LogP contribution in [0.15, 0.2) is 0 Å². The van der Waals surface area contributed by atoms with Gasteiger partial charge in [0, 0.05) is 25.6 Å². The highest BCUT2D eigenvalue weighted by Gasteiger charge is 2.34. The number of halogens is 1. The van der Waals surface area contributed by atoms with E-state index in [2.05, 4.69) is 16.0 Å². The number of hydrogen-bond donors (Lipinski definition) is 3. The lowest BCUT2D eigenvalue weighted by atomic mass is 9.82. The molecule has 0 bridgehead atoms. The van der Waals surface area contributed by atoms with Crippen LogP contribution in [0.5, 0.6) is 0 Å². The van der Waals surface area contributed by atoms with Gasteiger partial charge in [0.1, 0.15) is 0 Å². The van der Waals surface area contributed by atoms with Crippen molar-refractivity contribution in [3.05, 3.63) is 0 Å². The Bertz CT molecular complexity index is 302. The third-order valence-corrected chi connectivity index (χ3v) is 3.23. The van der Waals surface area contributed by atoms with Gasteiger partial charge >= 0.3 is 0 Å². The number of carbonyl (C=O) groups excluding carboxylic acids is 2. The number of rotatable bonds is 5. The van der Waals surface area contributed by atoms with E-state index in [0.29, 0.717) is 13.0 Å². The smallest absolute Gasteiger partial charge is 0.227 e. The Morgan fingerprint density at radius 2 is 2.05 bits per heavy atom. The predicted molar refractivity (Wildman–Crippen MR) is 78.4 cm³/mol. The average Bonchev–Trinajstić information content (AvgIpc) is 2.28. The second-order valence-electron chi connectivity index (χ2n) is 5.57. The van der Waals surface area contributed by atoms with Gasteiger partial charge in [0.25, 0.3) is 0 Å². The molecule has 0 saturated carbocycles. The Kier molecular flexibility index (Phi) is 8.02. The van der Waals surface area contributed by atoms with Crippen molar-refractivity contribution in [3.63, 3.8) is 0 Å². The maximum absolute atomic E-state index is 12.0. The highest BCUT2D eigenvalue weighted by molar-refractivity contribution is 5.85. The molecule has 0 aromatic rings. The number of nitrogens with one attached hydrogen (secondary N) is 3. The topological polar surface area (TPSA) is 70.2 Å². The molecule has 1 atom stereocenters. The standard InChI is InChI=1S/C13H25N3O2.ClH/c1-10(2)16-11(17)5-8-15-12(18)13(3)6-4-7-14-9-13;/h10,14H,4-9H2,1-3H3,(H,15,18)(H,16,17);1H. The van der Waals surface area contributed by atoms with E-state index < -0.39 is 0 Å². The van der Waals surface area contributed by atoms with E-state index >= 15 is 0 Å². The molecule has 3 N–H and O–H groups in total. The largest absolute Gasteiger partial charge is 0.355 e. The van der Waals surface area contributed by atoms with Crippen molar-refractivity contribution in [2.24, 2.45) is 5.41 Å². The molecule has 1 fully saturated rings. The quantitative estimate of drug-likeness (QED) is 0.703. The first-order chi connectivity index (χ1) is 8.44. The van der Waals surface area contributed by atoms with Crippen LogP contribution in [0.1, 0.15) is 40.0 Å². The molecular formula is C13H26ClN3O2. The zero-order valence-corrected chi connectivity index (χ0v) is 12.9. The molecule has 1 saturated heterocycles. The minimum absolute atomic E-state index is 0. The van der Waals surface area contributed by atoms with Crippen molar-refractivity contribution in [2.75, 3.05) is 19.6 Å². The normalized spacial score (nSPS) is 22.5. The van der Waals surface area contributed by atoms with Gasteiger partial charge in [0.2, 0.25) is 11.8 Å². The van der Waals surface area contributed by atoms with Crippen LogP contribution in [-0.2, 0) is 9.59 Å². The van der Waals surface area contributed by atoms with Gasteiger partial charge in [-0.1, -0.05) is 0 Å². The highest BCUT2D eigenvalue weighted by Crippen LogP contribution is 2.25. The fourth-order valence-corrected chi connectivity index (χ4v) is 2.15. The summed E-state index contributed by atoms with van der Waals surface area (Å²) >= 11 is 0. The van der Waals surface area contributed by atoms with Crippen molar-refractivity contribution < 1.29 is 9.59 Å². The van der Waals surface area contributed by atoms with E-state index in [-0.39, 0.29) is 35.7 Å². The lowest BCUT2D eigenvalue weighted by Crippen LogP contribution is -2.49. The first-order valence-electron chi connectivity index (χ1n) is 6.72. The van der Waals surface area contributed by atoms with E-state index in [9.17, 15) is 9.59 Å². The Labute approximate surface area is 121 Å². The lowest BCUT2D eigenvalue weighted by Gasteiger charge is -2.32. The van der Waals surface area contributed by atoms with Crippen molar-refractivity contribution in [3.8, 4) is 0 Å². The Hall–Kier alpha value is -0.810. The van der Waals surface area contributed by atoms with Gasteiger partial charge in [0.15, 0.2) is 0 Å². The van der Waals surface area contributed by atoms with Gasteiger partial charge in [-0.15, -0.1) is 12.4 Å². The molecule has 6 heteroatoms. The van der Waals surface area contributed by atoms with E-state index in [1.165, 1.54) is 0 Å². The molecule has 1 unspecified atom stereocenters. The fourth-order valence-electron chi connectivity index (χ4n) is 2.15. The summed E-state index contributed by atoms with van der Waals surface area (Å²) < 4.78 is 0. The van der Waals surface area contributed by atoms with Crippen molar-refractivity contribution in [1.82, 2.24) is 16.0 Å². The molecule has 0 radical (unpaired) electrons. The number of piperidine rings is 1. The summed E-state index contributed by atoms with van der Waals surface area (Å²) in [7, 11) is 0. The maximum atomic E-state index is 12.0. The summed E-state index contributed by atoms with van der Waals surface area (Å²) in [6, 6.07) is 0.147. The molecule has 1 heterocycles. The van der Waals surface area contributed by atoms with Crippen LogP contribution in [0.25, 0.3) is 0 Å². The second kappa shape index (κ2) is 8.38. The van der Waals surface area contributed by atoms with Crippen LogP contribution in [-0.4, -0.2) is 37.5 Å². The number of carbonyl (C=O) groups is 2. The summed E-state index contributed by atoms with van der Waals surface area (Å²) in [4.78, 5) is 23.5. The third kappa shape index (κ3) is 6.25. The molecule has 5 nitrogen and oxygen atoms in total. The van der Waals surface area contributed by atoms with Gasteiger partial charge in [-0.25, -0.2) is 0 Å². The van der Waals surface area contributed by atoms with Crippen LogP contribution in [0.2, 0.25) is 0 Å². The van der Waals surface area contributed by atoms with E-state index in [1.807, 2.05) is 20.8 Å². The molecule has 112 valence electrons. The Morgan fingerprint density at radius 3 is 2.58 bits per heavy atom. The molecule has 0 aromatic heterocycles. The average molecular weight is 292 g/mol. The van der Waals surface area contributed by atoms with Crippen LogP contribution in [0.3, 0.4) is 0 Å². The van der Waals surface area contributed by atoms with Gasteiger partial charge in [0.05, 0.1) is 5.41 Å². The molecule has 1 aliphatic heterocycles. The van der Waals surface area contributed by atoms with Crippen LogP contribution in [0, 0.1) is 5.41 Å². The SMILES string of the molecule is CC(C)NC(=O)CCNC(=O)C1(C)CCCNC1.Cl. The summed E-state index contributed by atoms with van der Waals surface area (Å²) in [5.41, 5.74) is -0.327. The molecule has 2 amide bonds. The van der Waals surface area contributed by atoms with Crippen LogP contribution < -0.4 is 16.0 Å². The molecular weight excluding hydrogens is 266 g/mol. The summed E-state index contributed by atoms with van der Waals surface area (Å²) in [5.74, 6) is 0.0317. The molecule has 0 aliphatic carbocycles. The van der Waals surface area contributed by atoms with E-state index in [4.69, 9.17) is 0 Å². The molecule has 19 heavy (non-hydrogen) atoms. The maximum Gasteiger partial charge on any atom is 0.227 e. The third-order valence-electron chi connectivity index (χ3n) is 3.23. The zero-order chi connectivity index (χ0) is 13.6. The van der Waals surface area contributed by atoms with Gasteiger partial charge < -0.3 is 16.0 Å². The van der Waals surface area contributed by atoms with Gasteiger partial charge in [-0.3, -0.25) is 9.59 Å². The minimum atomic E-state index is -0.327. The Balaban J connectivity index is 0.00000324. The first-order valence-corrected chi connectivity index (χ1v) is 6.72. The Morgan fingerprint density at radius 1 is 1.37 bits per heavy atom. The van der Waals surface area contributed by atoms with Crippen molar-refractivity contribution >= 4 is 24.2 Å². The lowest BCUT2D eigenvalue weighted by molar-refractivity contribution is -0.131. The number of amides is 2. The zero-order valence-electron chi connectivity index (χ0n) is 12.0. The minimum Gasteiger partial charge on any atom is -0.355 e. The number of hydrogen-bond acceptors (Lipinski definition) is 3. The van der Waals surface area contributed by atoms with Crippen molar-refractivity contribution in [1.29, 1.82) is 0 Å². The highest BCUT2D eigenvalue weighted by atomic mass is 35.5. The second-order valence-corrected chi connectivity index (χ2v) is 5.57. The van der Waals surface area contributed by atoms with E-state index in [1.54, 1.807) is 0 Å². The summed E-state index contributed by atoms with van der Waals surface area (Å²) in [5, 5.41) is 8.90. The predicted octanol–water partition coefficient (Wildman–Crippen LogP) is 0.829. The fraction of sp³-hybridized carbons (Fsp3) is 0.846. The van der Waals surface area contributed by atoms with Gasteiger partial charge in [-0.2, -0.15) is 0 Å². The van der Waals surface area contributed by atoms with Crippen LogP contribution in [0.4, 0.5) is 0 Å². The molecule has 1 aliphatic rings. The first kappa shape index (κ1) is 18.2. The van der Waals surface area contributed by atoms with Crippen molar-refractivity contribution in [2.45, 2.75) is 46.1 Å². The molecule has 1 rings (SSSR count). The molecule has 0 aromatic carbocycles. The van der Waals surface area contributed by atoms with Gasteiger partial charge in [-0.05, 0) is 40.2 Å².